The zero-order valence-corrected chi connectivity index (χ0v) is 10.1. The molecule has 4 nitrogen and oxygen atoms in total. The molecule has 1 N–H and O–H groups in total. The Morgan fingerprint density at radius 2 is 2.00 bits per heavy atom. The summed E-state index contributed by atoms with van der Waals surface area (Å²) in [5.41, 5.74) is 1.92. The lowest BCUT2D eigenvalue weighted by Gasteiger charge is -2.04. The fraction of sp³-hybridized carbons (Fsp3) is 0.273. The van der Waals surface area contributed by atoms with E-state index in [1.807, 2.05) is 24.3 Å². The van der Waals surface area contributed by atoms with Crippen molar-refractivity contribution in [3.63, 3.8) is 0 Å². The van der Waals surface area contributed by atoms with Crippen LogP contribution in [0.5, 0.6) is 0 Å². The van der Waals surface area contributed by atoms with Crippen molar-refractivity contribution in [1.82, 2.24) is 0 Å². The molecular formula is C11H11BrO4. The first-order valence-electron chi connectivity index (χ1n) is 4.63. The minimum Gasteiger partial charge on any atom is -0.481 e. The Bertz CT molecular complexity index is 389. The van der Waals surface area contributed by atoms with Crippen molar-refractivity contribution in [2.45, 2.75) is 18.4 Å². The van der Waals surface area contributed by atoms with Gasteiger partial charge in [0.05, 0.1) is 0 Å². The van der Waals surface area contributed by atoms with Gasteiger partial charge in [-0.25, -0.2) is 0 Å². The lowest BCUT2D eigenvalue weighted by atomic mass is 10.1. The number of rotatable bonds is 5. The number of carbonyl (C=O) groups excluding carboxylic acids is 1. The molecule has 0 saturated heterocycles. The maximum absolute atomic E-state index is 11.0. The van der Waals surface area contributed by atoms with Crippen LogP contribution < -0.4 is 0 Å². The van der Waals surface area contributed by atoms with Crippen LogP contribution in [0.25, 0.3) is 0 Å². The summed E-state index contributed by atoms with van der Waals surface area (Å²) in [6, 6.07) is 7.51. The third-order valence-corrected chi connectivity index (χ3v) is 2.49. The summed E-state index contributed by atoms with van der Waals surface area (Å²) < 4.78 is 4.80. The molecule has 0 bridgehead atoms. The first-order chi connectivity index (χ1) is 7.61. The Labute approximate surface area is 101 Å². The summed E-state index contributed by atoms with van der Waals surface area (Å²) in [5.74, 6) is -1.91. The van der Waals surface area contributed by atoms with Crippen LogP contribution >= 0.6 is 15.9 Å². The molecule has 86 valence electrons. The second-order valence-electron chi connectivity index (χ2n) is 3.18. The summed E-state index contributed by atoms with van der Waals surface area (Å²) in [7, 11) is 0. The second kappa shape index (κ2) is 6.27. The maximum atomic E-state index is 11.0. The number of alkyl halides is 1. The van der Waals surface area contributed by atoms with Gasteiger partial charge in [-0.2, -0.15) is 0 Å². The van der Waals surface area contributed by atoms with Crippen LogP contribution in [0.15, 0.2) is 24.3 Å². The fourth-order valence-electron chi connectivity index (χ4n) is 1.14. The van der Waals surface area contributed by atoms with Gasteiger partial charge in [-0.1, -0.05) is 40.2 Å². The predicted octanol–water partition coefficient (Wildman–Crippen LogP) is 2.10. The second-order valence-corrected chi connectivity index (χ2v) is 3.75. The fourth-order valence-corrected chi connectivity index (χ4v) is 1.49. The van der Waals surface area contributed by atoms with Crippen LogP contribution in [-0.2, 0) is 26.3 Å². The number of carboxylic acid groups (broad SMARTS) is 1. The highest BCUT2D eigenvalue weighted by Gasteiger charge is 2.08. The topological polar surface area (TPSA) is 63.6 Å². The number of ether oxygens (including phenoxy) is 1. The molecule has 0 unspecified atom stereocenters. The van der Waals surface area contributed by atoms with E-state index in [-0.39, 0.29) is 6.61 Å². The Hall–Kier alpha value is -1.36. The zero-order valence-electron chi connectivity index (χ0n) is 8.48. The number of esters is 1. The normalized spacial score (nSPS) is 9.81. The van der Waals surface area contributed by atoms with E-state index in [1.165, 1.54) is 0 Å². The molecule has 0 aromatic heterocycles. The van der Waals surface area contributed by atoms with Crippen molar-refractivity contribution >= 4 is 27.9 Å². The van der Waals surface area contributed by atoms with E-state index >= 15 is 0 Å². The maximum Gasteiger partial charge on any atom is 0.317 e. The number of benzene rings is 1. The number of aliphatic carboxylic acids is 1. The molecule has 0 radical (unpaired) electrons. The molecule has 0 saturated carbocycles. The molecule has 1 rings (SSSR count). The highest BCUT2D eigenvalue weighted by molar-refractivity contribution is 9.08. The van der Waals surface area contributed by atoms with E-state index in [1.54, 1.807) is 0 Å². The lowest BCUT2D eigenvalue weighted by molar-refractivity contribution is -0.152. The molecule has 0 spiro atoms. The molecule has 1 aromatic rings. The van der Waals surface area contributed by atoms with Gasteiger partial charge in [0.2, 0.25) is 0 Å². The van der Waals surface area contributed by atoms with Gasteiger partial charge in [0, 0.05) is 5.33 Å². The number of halogens is 1. The average Bonchev–Trinajstić information content (AvgIpc) is 2.26. The van der Waals surface area contributed by atoms with Gasteiger partial charge in [-0.15, -0.1) is 0 Å². The molecule has 5 heteroatoms. The first-order valence-corrected chi connectivity index (χ1v) is 5.75. The van der Waals surface area contributed by atoms with E-state index in [0.717, 1.165) is 16.5 Å². The Balaban J connectivity index is 2.47. The molecule has 16 heavy (non-hydrogen) atoms. The Kier molecular flexibility index (Phi) is 4.98. The van der Waals surface area contributed by atoms with Crippen LogP contribution in [0.1, 0.15) is 17.5 Å². The van der Waals surface area contributed by atoms with Gasteiger partial charge < -0.3 is 9.84 Å². The molecule has 0 aliphatic rings. The van der Waals surface area contributed by atoms with Crippen molar-refractivity contribution in [3.05, 3.63) is 35.4 Å². The molecule has 1 aromatic carbocycles. The van der Waals surface area contributed by atoms with Crippen LogP contribution in [0.2, 0.25) is 0 Å². The van der Waals surface area contributed by atoms with Crippen molar-refractivity contribution in [3.8, 4) is 0 Å². The first kappa shape index (κ1) is 12.7. The summed E-state index contributed by atoms with van der Waals surface area (Å²) in [6.45, 7) is 0.104. The van der Waals surface area contributed by atoms with Crippen molar-refractivity contribution in [2.24, 2.45) is 0 Å². The summed E-state index contributed by atoms with van der Waals surface area (Å²) in [5, 5.41) is 9.08. The molecule has 0 atom stereocenters. The average molecular weight is 287 g/mol. The van der Waals surface area contributed by atoms with E-state index in [0.29, 0.717) is 0 Å². The minimum atomic E-state index is -1.18. The number of carbonyl (C=O) groups is 2. The zero-order chi connectivity index (χ0) is 12.0. The van der Waals surface area contributed by atoms with Gasteiger partial charge >= 0.3 is 11.9 Å². The quantitative estimate of drug-likeness (QED) is 0.511. The third-order valence-electron chi connectivity index (χ3n) is 1.84. The third kappa shape index (κ3) is 4.44. The molecule has 0 aliphatic carbocycles. The van der Waals surface area contributed by atoms with Gasteiger partial charge in [0.1, 0.15) is 13.0 Å². The minimum absolute atomic E-state index is 0.104. The van der Waals surface area contributed by atoms with Crippen molar-refractivity contribution in [1.29, 1.82) is 0 Å². The predicted molar refractivity (Wildman–Crippen MR) is 61.1 cm³/mol. The molecule has 0 heterocycles. The number of hydrogen-bond acceptors (Lipinski definition) is 3. The van der Waals surface area contributed by atoms with Gasteiger partial charge in [-0.05, 0) is 11.1 Å². The van der Waals surface area contributed by atoms with Crippen molar-refractivity contribution < 1.29 is 19.4 Å². The van der Waals surface area contributed by atoms with Crippen LogP contribution in [-0.4, -0.2) is 17.0 Å². The summed E-state index contributed by atoms with van der Waals surface area (Å²) >= 11 is 3.32. The molecular weight excluding hydrogens is 276 g/mol. The van der Waals surface area contributed by atoms with Gasteiger partial charge in [0.15, 0.2) is 0 Å². The van der Waals surface area contributed by atoms with E-state index < -0.39 is 18.4 Å². The Morgan fingerprint density at radius 3 is 2.62 bits per heavy atom. The van der Waals surface area contributed by atoms with E-state index in [4.69, 9.17) is 9.84 Å². The standard InChI is InChI=1S/C11H11BrO4/c12-6-8-2-1-3-9(4-8)7-16-11(15)5-10(13)14/h1-4H,5-7H2,(H,13,14). The molecule has 0 amide bonds. The largest absolute Gasteiger partial charge is 0.481 e. The highest BCUT2D eigenvalue weighted by atomic mass is 79.9. The van der Waals surface area contributed by atoms with E-state index in [2.05, 4.69) is 15.9 Å². The monoisotopic (exact) mass is 286 g/mol. The van der Waals surface area contributed by atoms with Gasteiger partial charge in [-0.3, -0.25) is 9.59 Å². The summed E-state index contributed by atoms with van der Waals surface area (Å²) in [4.78, 5) is 21.2. The van der Waals surface area contributed by atoms with Crippen LogP contribution in [0.3, 0.4) is 0 Å². The smallest absolute Gasteiger partial charge is 0.317 e. The SMILES string of the molecule is O=C(O)CC(=O)OCc1cccc(CBr)c1. The lowest BCUT2D eigenvalue weighted by Crippen LogP contribution is -2.10. The Morgan fingerprint density at radius 1 is 1.31 bits per heavy atom. The van der Waals surface area contributed by atoms with Crippen LogP contribution in [0, 0.1) is 0 Å². The highest BCUT2D eigenvalue weighted by Crippen LogP contribution is 2.10. The van der Waals surface area contributed by atoms with Crippen LogP contribution in [0.4, 0.5) is 0 Å². The van der Waals surface area contributed by atoms with Gasteiger partial charge in [0.25, 0.3) is 0 Å². The van der Waals surface area contributed by atoms with Crippen molar-refractivity contribution in [2.75, 3.05) is 0 Å². The number of hydrogen-bond donors (Lipinski definition) is 1. The summed E-state index contributed by atoms with van der Waals surface area (Å²) in [6.07, 6.45) is -0.599. The molecule has 0 fully saturated rings. The van der Waals surface area contributed by atoms with E-state index in [9.17, 15) is 9.59 Å². The number of carboxylic acids is 1. The molecule has 0 aliphatic heterocycles.